The van der Waals surface area contributed by atoms with Gasteiger partial charge in [0.25, 0.3) is 0 Å². The number of benzene rings is 1. The van der Waals surface area contributed by atoms with Crippen molar-refractivity contribution in [1.82, 2.24) is 4.90 Å². The zero-order valence-electron chi connectivity index (χ0n) is 13.3. The molecule has 0 bridgehead atoms. The van der Waals surface area contributed by atoms with E-state index in [4.69, 9.17) is 33.7 Å². The monoisotopic (exact) mass is 380 g/mol. The van der Waals surface area contributed by atoms with Crippen molar-refractivity contribution in [3.63, 3.8) is 0 Å². The van der Waals surface area contributed by atoms with E-state index in [9.17, 15) is 4.79 Å². The van der Waals surface area contributed by atoms with Crippen LogP contribution in [0.3, 0.4) is 0 Å². The van der Waals surface area contributed by atoms with Crippen LogP contribution in [0.1, 0.15) is 26.7 Å². The van der Waals surface area contributed by atoms with Gasteiger partial charge < -0.3 is 15.4 Å². The molecule has 2 rings (SSSR count). The van der Waals surface area contributed by atoms with Crippen molar-refractivity contribution in [3.05, 3.63) is 28.2 Å². The summed E-state index contributed by atoms with van der Waals surface area (Å²) in [4.78, 5) is 14.2. The Balaban J connectivity index is 0.00000264. The van der Waals surface area contributed by atoms with Crippen LogP contribution in [0.5, 0.6) is 5.75 Å². The predicted octanol–water partition coefficient (Wildman–Crippen LogP) is 3.77. The number of halogens is 3. The van der Waals surface area contributed by atoms with Gasteiger partial charge >= 0.3 is 0 Å². The summed E-state index contributed by atoms with van der Waals surface area (Å²) in [6.45, 7) is 5.07. The molecule has 1 saturated heterocycles. The molecule has 0 saturated carbocycles. The number of rotatable bonds is 4. The summed E-state index contributed by atoms with van der Waals surface area (Å²) in [5.74, 6) is 0.593. The maximum atomic E-state index is 12.4. The summed E-state index contributed by atoms with van der Waals surface area (Å²) in [6, 6.07) is 5.06. The van der Waals surface area contributed by atoms with Crippen molar-refractivity contribution in [3.8, 4) is 5.75 Å². The zero-order chi connectivity index (χ0) is 16.3. The first-order chi connectivity index (χ1) is 10.4. The summed E-state index contributed by atoms with van der Waals surface area (Å²) < 4.78 is 5.94. The van der Waals surface area contributed by atoms with E-state index in [2.05, 4.69) is 0 Å². The molecule has 0 radical (unpaired) electrons. The van der Waals surface area contributed by atoms with Gasteiger partial charge in [0.1, 0.15) is 11.9 Å². The molecule has 1 heterocycles. The molecule has 23 heavy (non-hydrogen) atoms. The van der Waals surface area contributed by atoms with E-state index in [0.29, 0.717) is 22.3 Å². The molecule has 7 heteroatoms. The Morgan fingerprint density at radius 1 is 1.35 bits per heavy atom. The SMILES string of the molecule is CC(N)C(C)C(=O)N1CCCC(Oc2ccc(Cl)c(Cl)c2)C1.Cl. The largest absolute Gasteiger partial charge is 0.489 e. The highest BCUT2D eigenvalue weighted by atomic mass is 35.5. The molecule has 0 spiro atoms. The molecule has 4 nitrogen and oxygen atoms in total. The average Bonchev–Trinajstić information content (AvgIpc) is 2.49. The van der Waals surface area contributed by atoms with Crippen LogP contribution in [-0.4, -0.2) is 36.0 Å². The molecular weight excluding hydrogens is 359 g/mol. The lowest BCUT2D eigenvalue weighted by molar-refractivity contribution is -0.138. The molecule has 130 valence electrons. The van der Waals surface area contributed by atoms with E-state index in [1.807, 2.05) is 18.7 Å². The molecule has 3 unspecified atom stereocenters. The maximum absolute atomic E-state index is 12.4. The fourth-order valence-corrected chi connectivity index (χ4v) is 2.78. The molecule has 1 aromatic carbocycles. The molecule has 0 aromatic heterocycles. The van der Waals surface area contributed by atoms with E-state index < -0.39 is 0 Å². The molecular formula is C16H23Cl3N2O2. The Hall–Kier alpha value is -0.680. The van der Waals surface area contributed by atoms with Crippen LogP contribution in [0.25, 0.3) is 0 Å². The number of nitrogens with two attached hydrogens (primary N) is 1. The summed E-state index contributed by atoms with van der Waals surface area (Å²) in [7, 11) is 0. The number of carbonyl (C=O) groups excluding carboxylic acids is 1. The molecule has 1 amide bonds. The summed E-state index contributed by atoms with van der Waals surface area (Å²) in [5.41, 5.74) is 5.83. The van der Waals surface area contributed by atoms with E-state index in [1.54, 1.807) is 18.2 Å². The van der Waals surface area contributed by atoms with E-state index in [-0.39, 0.29) is 36.4 Å². The van der Waals surface area contributed by atoms with Crippen molar-refractivity contribution in [2.24, 2.45) is 11.7 Å². The van der Waals surface area contributed by atoms with Crippen LogP contribution >= 0.6 is 35.6 Å². The Labute approximate surface area is 153 Å². The third-order valence-corrected chi connectivity index (χ3v) is 4.80. The second kappa shape index (κ2) is 8.97. The lowest BCUT2D eigenvalue weighted by Gasteiger charge is -2.35. The highest BCUT2D eigenvalue weighted by Gasteiger charge is 2.29. The Bertz CT molecular complexity index is 540. The van der Waals surface area contributed by atoms with Crippen molar-refractivity contribution in [2.45, 2.75) is 38.8 Å². The Morgan fingerprint density at radius 2 is 2.04 bits per heavy atom. The van der Waals surface area contributed by atoms with Gasteiger partial charge in [-0.2, -0.15) is 0 Å². The summed E-state index contributed by atoms with van der Waals surface area (Å²) >= 11 is 11.9. The van der Waals surface area contributed by atoms with Gasteiger partial charge in [0.05, 0.1) is 22.5 Å². The summed E-state index contributed by atoms with van der Waals surface area (Å²) in [6.07, 6.45) is 1.80. The first-order valence-corrected chi connectivity index (χ1v) is 8.30. The van der Waals surface area contributed by atoms with Crippen molar-refractivity contribution < 1.29 is 9.53 Å². The van der Waals surface area contributed by atoms with Gasteiger partial charge in [-0.15, -0.1) is 12.4 Å². The number of amides is 1. The van der Waals surface area contributed by atoms with Crippen molar-refractivity contribution >= 4 is 41.5 Å². The van der Waals surface area contributed by atoms with Gasteiger partial charge in [-0.25, -0.2) is 0 Å². The predicted molar refractivity (Wildman–Crippen MR) is 96.8 cm³/mol. The molecule has 1 aliphatic rings. The highest BCUT2D eigenvalue weighted by molar-refractivity contribution is 6.42. The number of hydrogen-bond acceptors (Lipinski definition) is 3. The molecule has 1 aromatic rings. The zero-order valence-corrected chi connectivity index (χ0v) is 15.6. The van der Waals surface area contributed by atoms with E-state index in [0.717, 1.165) is 19.4 Å². The normalized spacial score (nSPS) is 20.4. The number of carbonyl (C=O) groups is 1. The van der Waals surface area contributed by atoms with Gasteiger partial charge in [-0.1, -0.05) is 30.1 Å². The fraction of sp³-hybridized carbons (Fsp3) is 0.562. The fourth-order valence-electron chi connectivity index (χ4n) is 2.49. The number of hydrogen-bond donors (Lipinski definition) is 1. The quantitative estimate of drug-likeness (QED) is 0.863. The molecule has 2 N–H and O–H groups in total. The van der Waals surface area contributed by atoms with Gasteiger partial charge in [-0.05, 0) is 31.9 Å². The first-order valence-electron chi connectivity index (χ1n) is 7.54. The molecule has 1 aliphatic heterocycles. The maximum Gasteiger partial charge on any atom is 0.227 e. The molecule has 1 fully saturated rings. The minimum atomic E-state index is -0.177. The van der Waals surface area contributed by atoms with Crippen molar-refractivity contribution in [1.29, 1.82) is 0 Å². The minimum absolute atomic E-state index is 0. The van der Waals surface area contributed by atoms with Crippen LogP contribution in [0.4, 0.5) is 0 Å². The summed E-state index contributed by atoms with van der Waals surface area (Å²) in [5, 5.41) is 0.966. The third kappa shape index (κ3) is 5.42. The lowest BCUT2D eigenvalue weighted by Crippen LogP contribution is -2.48. The van der Waals surface area contributed by atoms with Gasteiger partial charge in [0.15, 0.2) is 0 Å². The van der Waals surface area contributed by atoms with Crippen LogP contribution in [-0.2, 0) is 4.79 Å². The lowest BCUT2D eigenvalue weighted by atomic mass is 10.0. The smallest absolute Gasteiger partial charge is 0.227 e. The highest BCUT2D eigenvalue weighted by Crippen LogP contribution is 2.28. The Kier molecular flexibility index (Phi) is 7.95. The first kappa shape index (κ1) is 20.4. The van der Waals surface area contributed by atoms with E-state index in [1.165, 1.54) is 0 Å². The van der Waals surface area contributed by atoms with Crippen LogP contribution < -0.4 is 10.5 Å². The Morgan fingerprint density at radius 3 is 2.65 bits per heavy atom. The van der Waals surface area contributed by atoms with Crippen LogP contribution in [0.15, 0.2) is 18.2 Å². The number of piperidine rings is 1. The second-order valence-electron chi connectivity index (χ2n) is 5.89. The van der Waals surface area contributed by atoms with Gasteiger partial charge in [-0.3, -0.25) is 4.79 Å². The number of ether oxygens (including phenoxy) is 1. The van der Waals surface area contributed by atoms with E-state index >= 15 is 0 Å². The number of nitrogens with zero attached hydrogens (tertiary/aromatic N) is 1. The second-order valence-corrected chi connectivity index (χ2v) is 6.70. The number of likely N-dealkylation sites (tertiary alicyclic amines) is 1. The van der Waals surface area contributed by atoms with Gasteiger partial charge in [0, 0.05) is 18.7 Å². The molecule has 0 aliphatic carbocycles. The third-order valence-electron chi connectivity index (χ3n) is 4.06. The van der Waals surface area contributed by atoms with Crippen LogP contribution in [0.2, 0.25) is 10.0 Å². The van der Waals surface area contributed by atoms with Crippen molar-refractivity contribution in [2.75, 3.05) is 13.1 Å². The van der Waals surface area contributed by atoms with Gasteiger partial charge in [0.2, 0.25) is 5.91 Å². The topological polar surface area (TPSA) is 55.6 Å². The standard InChI is InChI=1S/C16H22Cl2N2O2.ClH/c1-10(11(2)19)16(21)20-7-3-4-13(9-20)22-12-5-6-14(17)15(18)8-12;/h5-6,8,10-11,13H,3-4,7,9,19H2,1-2H3;1H. The minimum Gasteiger partial charge on any atom is -0.489 e. The molecule has 3 atom stereocenters. The van der Waals surface area contributed by atoms with Crippen LogP contribution in [0, 0.1) is 5.92 Å². The average molecular weight is 382 g/mol.